The van der Waals surface area contributed by atoms with Gasteiger partial charge in [-0.05, 0) is 57.0 Å². The van der Waals surface area contributed by atoms with Crippen molar-refractivity contribution in [2.45, 2.75) is 26.2 Å². The summed E-state index contributed by atoms with van der Waals surface area (Å²) in [6, 6.07) is 5.72. The topological polar surface area (TPSA) is 52.7 Å². The highest BCUT2D eigenvalue weighted by molar-refractivity contribution is 9.10. The van der Waals surface area contributed by atoms with E-state index in [0.717, 1.165) is 41.7 Å². The number of nitrogens with zero attached hydrogens (tertiary/aromatic N) is 2. The van der Waals surface area contributed by atoms with Crippen LogP contribution in [0.1, 0.15) is 24.8 Å². The van der Waals surface area contributed by atoms with Gasteiger partial charge in [0.05, 0.1) is 13.1 Å². The van der Waals surface area contributed by atoms with Crippen molar-refractivity contribution < 1.29 is 9.59 Å². The minimum Gasteiger partial charge on any atom is -0.342 e. The summed E-state index contributed by atoms with van der Waals surface area (Å²) >= 11 is 3.40. The van der Waals surface area contributed by atoms with Gasteiger partial charge in [0.15, 0.2) is 0 Å². The van der Waals surface area contributed by atoms with E-state index in [1.807, 2.05) is 30.0 Å². The fourth-order valence-corrected chi connectivity index (χ4v) is 3.21. The van der Waals surface area contributed by atoms with Crippen LogP contribution in [0, 0.1) is 6.92 Å². The monoisotopic (exact) mass is 381 g/mol. The number of rotatable bonds is 5. The first-order valence-electron chi connectivity index (χ1n) is 7.98. The fourth-order valence-electron chi connectivity index (χ4n) is 2.73. The molecule has 126 valence electrons. The maximum absolute atomic E-state index is 12.2. The highest BCUT2D eigenvalue weighted by Gasteiger charge is 2.19. The number of nitrogens with one attached hydrogen (secondary N) is 1. The SMILES string of the molecule is Cc1cc(Br)ccc1NC(=O)CN(C)CC(=O)N1CCCCC1. The molecular formula is C17H24BrN3O2. The zero-order chi connectivity index (χ0) is 16.8. The molecule has 2 rings (SSSR count). The lowest BCUT2D eigenvalue weighted by atomic mass is 10.1. The van der Waals surface area contributed by atoms with Gasteiger partial charge in [-0.25, -0.2) is 0 Å². The molecule has 0 radical (unpaired) electrons. The van der Waals surface area contributed by atoms with Crippen molar-refractivity contribution in [1.82, 2.24) is 9.80 Å². The first-order valence-corrected chi connectivity index (χ1v) is 8.77. The van der Waals surface area contributed by atoms with Crippen molar-refractivity contribution in [3.8, 4) is 0 Å². The molecule has 2 amide bonds. The molecule has 1 aromatic carbocycles. The lowest BCUT2D eigenvalue weighted by Gasteiger charge is -2.28. The Morgan fingerprint density at radius 1 is 1.22 bits per heavy atom. The van der Waals surface area contributed by atoms with Gasteiger partial charge < -0.3 is 10.2 Å². The van der Waals surface area contributed by atoms with Crippen molar-refractivity contribution in [3.63, 3.8) is 0 Å². The van der Waals surface area contributed by atoms with Crippen LogP contribution in [0.2, 0.25) is 0 Å². The van der Waals surface area contributed by atoms with Crippen molar-refractivity contribution in [2.24, 2.45) is 0 Å². The third-order valence-electron chi connectivity index (χ3n) is 3.99. The molecule has 0 saturated carbocycles. The largest absolute Gasteiger partial charge is 0.342 e. The number of carbonyl (C=O) groups is 2. The Kier molecular flexibility index (Phi) is 6.59. The molecule has 1 N–H and O–H groups in total. The molecule has 0 aromatic heterocycles. The van der Waals surface area contributed by atoms with Gasteiger partial charge >= 0.3 is 0 Å². The van der Waals surface area contributed by atoms with Crippen LogP contribution in [0.4, 0.5) is 5.69 Å². The predicted octanol–water partition coefficient (Wildman–Crippen LogP) is 2.64. The number of benzene rings is 1. The van der Waals surface area contributed by atoms with Crippen molar-refractivity contribution in [3.05, 3.63) is 28.2 Å². The molecule has 1 fully saturated rings. The van der Waals surface area contributed by atoms with Crippen LogP contribution < -0.4 is 5.32 Å². The van der Waals surface area contributed by atoms with Gasteiger partial charge in [0.1, 0.15) is 0 Å². The molecule has 0 bridgehead atoms. The first kappa shape index (κ1) is 17.9. The summed E-state index contributed by atoms with van der Waals surface area (Å²) in [7, 11) is 1.80. The van der Waals surface area contributed by atoms with E-state index in [1.54, 1.807) is 11.9 Å². The number of hydrogen-bond acceptors (Lipinski definition) is 3. The van der Waals surface area contributed by atoms with Crippen molar-refractivity contribution in [1.29, 1.82) is 0 Å². The summed E-state index contributed by atoms with van der Waals surface area (Å²) in [6.45, 7) is 4.12. The zero-order valence-electron chi connectivity index (χ0n) is 13.8. The van der Waals surface area contributed by atoms with Crippen molar-refractivity contribution in [2.75, 3.05) is 38.5 Å². The molecule has 1 aromatic rings. The van der Waals surface area contributed by atoms with Crippen LogP contribution in [0.5, 0.6) is 0 Å². The molecule has 5 nitrogen and oxygen atoms in total. The van der Waals surface area contributed by atoms with Gasteiger partial charge in [0.2, 0.25) is 11.8 Å². The number of carbonyl (C=O) groups excluding carboxylic acids is 2. The minimum absolute atomic E-state index is 0.107. The van der Waals surface area contributed by atoms with Crippen LogP contribution in [-0.4, -0.2) is 54.8 Å². The smallest absolute Gasteiger partial charge is 0.238 e. The minimum atomic E-state index is -0.107. The fraction of sp³-hybridized carbons (Fsp3) is 0.529. The molecule has 0 spiro atoms. The highest BCUT2D eigenvalue weighted by atomic mass is 79.9. The summed E-state index contributed by atoms with van der Waals surface area (Å²) in [4.78, 5) is 28.0. The molecule has 0 aliphatic carbocycles. The number of amides is 2. The van der Waals surface area contributed by atoms with Gasteiger partial charge in [-0.15, -0.1) is 0 Å². The molecule has 1 aliphatic rings. The summed E-state index contributed by atoms with van der Waals surface area (Å²) < 4.78 is 0.984. The van der Waals surface area contributed by atoms with Gasteiger partial charge in [-0.1, -0.05) is 15.9 Å². The maximum atomic E-state index is 12.2. The Hall–Kier alpha value is -1.40. The second-order valence-corrected chi connectivity index (χ2v) is 7.04. The lowest BCUT2D eigenvalue weighted by Crippen LogP contribution is -2.43. The van der Waals surface area contributed by atoms with Crippen LogP contribution in [-0.2, 0) is 9.59 Å². The van der Waals surface area contributed by atoms with Gasteiger partial charge in [0.25, 0.3) is 0 Å². The van der Waals surface area contributed by atoms with E-state index in [-0.39, 0.29) is 24.9 Å². The Labute approximate surface area is 146 Å². The van der Waals surface area contributed by atoms with E-state index in [1.165, 1.54) is 6.42 Å². The summed E-state index contributed by atoms with van der Waals surface area (Å²) in [5.41, 5.74) is 1.80. The van der Waals surface area contributed by atoms with E-state index in [4.69, 9.17) is 0 Å². The number of likely N-dealkylation sites (N-methyl/N-ethyl adjacent to an activating group) is 1. The number of piperidine rings is 1. The summed E-state index contributed by atoms with van der Waals surface area (Å²) in [5, 5.41) is 2.89. The Morgan fingerprint density at radius 3 is 2.57 bits per heavy atom. The number of halogens is 1. The average molecular weight is 382 g/mol. The molecule has 0 atom stereocenters. The maximum Gasteiger partial charge on any atom is 0.238 e. The van der Waals surface area contributed by atoms with Crippen LogP contribution >= 0.6 is 15.9 Å². The zero-order valence-corrected chi connectivity index (χ0v) is 15.4. The standard InChI is InChI=1S/C17H24BrN3O2/c1-13-10-14(18)6-7-15(13)19-16(22)11-20(2)12-17(23)21-8-4-3-5-9-21/h6-7,10H,3-5,8-9,11-12H2,1-2H3,(H,19,22). The summed E-state index contributed by atoms with van der Waals surface area (Å²) in [5.74, 6) is 0.00388. The third-order valence-corrected chi connectivity index (χ3v) is 4.48. The molecule has 1 aliphatic heterocycles. The molecule has 6 heteroatoms. The third kappa shape index (κ3) is 5.62. The average Bonchev–Trinajstić information content (AvgIpc) is 2.50. The Bertz CT molecular complexity index is 571. The molecule has 0 unspecified atom stereocenters. The van der Waals surface area contributed by atoms with E-state index < -0.39 is 0 Å². The van der Waals surface area contributed by atoms with Crippen LogP contribution in [0.3, 0.4) is 0 Å². The van der Waals surface area contributed by atoms with E-state index in [2.05, 4.69) is 21.2 Å². The van der Waals surface area contributed by atoms with Gasteiger partial charge in [0, 0.05) is 23.2 Å². The number of hydrogen-bond donors (Lipinski definition) is 1. The number of likely N-dealkylation sites (tertiary alicyclic amines) is 1. The van der Waals surface area contributed by atoms with Crippen LogP contribution in [0.15, 0.2) is 22.7 Å². The van der Waals surface area contributed by atoms with Crippen molar-refractivity contribution >= 4 is 33.4 Å². The summed E-state index contributed by atoms with van der Waals surface area (Å²) in [6.07, 6.45) is 3.37. The van der Waals surface area contributed by atoms with E-state index in [9.17, 15) is 9.59 Å². The second-order valence-electron chi connectivity index (χ2n) is 6.12. The molecule has 23 heavy (non-hydrogen) atoms. The van der Waals surface area contributed by atoms with E-state index >= 15 is 0 Å². The quantitative estimate of drug-likeness (QED) is 0.852. The Balaban J connectivity index is 1.81. The molecular weight excluding hydrogens is 358 g/mol. The molecule has 1 heterocycles. The number of anilines is 1. The van der Waals surface area contributed by atoms with Gasteiger partial charge in [-0.3, -0.25) is 14.5 Å². The molecule has 1 saturated heterocycles. The van der Waals surface area contributed by atoms with Gasteiger partial charge in [-0.2, -0.15) is 0 Å². The first-order chi connectivity index (χ1) is 11.0. The number of aryl methyl sites for hydroxylation is 1. The van der Waals surface area contributed by atoms with E-state index in [0.29, 0.717) is 0 Å². The van der Waals surface area contributed by atoms with Crippen LogP contribution in [0.25, 0.3) is 0 Å². The second kappa shape index (κ2) is 8.45. The Morgan fingerprint density at radius 2 is 1.91 bits per heavy atom. The highest BCUT2D eigenvalue weighted by Crippen LogP contribution is 2.19. The predicted molar refractivity (Wildman–Crippen MR) is 95.4 cm³/mol. The normalized spacial score (nSPS) is 14.9. The lowest BCUT2D eigenvalue weighted by molar-refractivity contribution is -0.133.